The van der Waals surface area contributed by atoms with Crippen molar-refractivity contribution >= 4 is 11.8 Å². The summed E-state index contributed by atoms with van der Waals surface area (Å²) in [6.07, 6.45) is -4.65. The van der Waals surface area contributed by atoms with E-state index in [-0.39, 0.29) is 17.5 Å². The molecule has 0 saturated heterocycles. The van der Waals surface area contributed by atoms with E-state index in [0.717, 1.165) is 12.1 Å². The van der Waals surface area contributed by atoms with Gasteiger partial charge in [0, 0.05) is 11.1 Å². The van der Waals surface area contributed by atoms with E-state index in [9.17, 15) is 22.8 Å². The average Bonchev–Trinajstić information content (AvgIpc) is 2.54. The Bertz CT molecular complexity index is 736. The number of hydrogen-bond acceptors (Lipinski definition) is 3. The van der Waals surface area contributed by atoms with Gasteiger partial charge >= 0.3 is 12.1 Å². The molecular weight excluding hydrogens is 309 g/mol. The van der Waals surface area contributed by atoms with Crippen LogP contribution in [-0.2, 0) is 22.1 Å². The molecule has 0 atom stereocenters. The van der Waals surface area contributed by atoms with E-state index in [2.05, 4.69) is 4.74 Å². The minimum absolute atomic E-state index is 0.0860. The molecule has 0 bridgehead atoms. The third kappa shape index (κ3) is 3.97. The Morgan fingerprint density at radius 3 is 2.39 bits per heavy atom. The Hall–Kier alpha value is -2.63. The van der Waals surface area contributed by atoms with Crippen LogP contribution in [0.1, 0.15) is 27.0 Å². The highest BCUT2D eigenvalue weighted by Crippen LogP contribution is 2.30. The summed E-state index contributed by atoms with van der Waals surface area (Å²) in [7, 11) is 1.22. The van der Waals surface area contributed by atoms with Crippen LogP contribution < -0.4 is 0 Å². The van der Waals surface area contributed by atoms with E-state index in [4.69, 9.17) is 0 Å². The van der Waals surface area contributed by atoms with E-state index in [1.165, 1.54) is 25.3 Å². The molecule has 0 fully saturated rings. The van der Waals surface area contributed by atoms with Gasteiger partial charge in [0.05, 0.1) is 19.1 Å². The van der Waals surface area contributed by atoms with Gasteiger partial charge in [-0.05, 0) is 17.7 Å². The van der Waals surface area contributed by atoms with Crippen LogP contribution in [0.5, 0.6) is 0 Å². The Labute approximate surface area is 130 Å². The first kappa shape index (κ1) is 16.7. The minimum Gasteiger partial charge on any atom is -0.469 e. The van der Waals surface area contributed by atoms with Crippen molar-refractivity contribution in [3.63, 3.8) is 0 Å². The van der Waals surface area contributed by atoms with Crippen molar-refractivity contribution in [3.8, 4) is 0 Å². The van der Waals surface area contributed by atoms with E-state index in [1.807, 2.05) is 0 Å². The minimum atomic E-state index is -4.53. The Kier molecular flexibility index (Phi) is 4.83. The lowest BCUT2D eigenvalue weighted by atomic mass is 9.95. The van der Waals surface area contributed by atoms with Gasteiger partial charge in [0.2, 0.25) is 0 Å². The molecule has 0 heterocycles. The summed E-state index contributed by atoms with van der Waals surface area (Å²) in [6, 6.07) is 10.5. The number of esters is 1. The van der Waals surface area contributed by atoms with Crippen LogP contribution in [0.2, 0.25) is 0 Å². The maximum atomic E-state index is 12.8. The second kappa shape index (κ2) is 6.64. The van der Waals surface area contributed by atoms with Gasteiger partial charge in [-0.3, -0.25) is 9.59 Å². The topological polar surface area (TPSA) is 43.4 Å². The summed E-state index contributed by atoms with van der Waals surface area (Å²) in [5, 5.41) is 0. The number of methoxy groups -OCH3 is 1. The van der Waals surface area contributed by atoms with Gasteiger partial charge in [0.25, 0.3) is 0 Å². The number of carbonyl (C=O) groups excluding carboxylic acids is 2. The molecule has 0 aliphatic heterocycles. The Morgan fingerprint density at radius 1 is 1.04 bits per heavy atom. The van der Waals surface area contributed by atoms with Crippen molar-refractivity contribution in [2.45, 2.75) is 12.6 Å². The Balaban J connectivity index is 2.40. The fourth-order valence-electron chi connectivity index (χ4n) is 2.12. The zero-order chi connectivity index (χ0) is 17.0. The van der Waals surface area contributed by atoms with E-state index in [1.54, 1.807) is 18.2 Å². The largest absolute Gasteiger partial charge is 0.469 e. The van der Waals surface area contributed by atoms with Crippen molar-refractivity contribution in [1.82, 2.24) is 0 Å². The predicted octanol–water partition coefficient (Wildman–Crippen LogP) is 3.65. The molecule has 2 aromatic carbocycles. The number of benzene rings is 2. The second-order valence-electron chi connectivity index (χ2n) is 4.82. The van der Waals surface area contributed by atoms with Crippen molar-refractivity contribution in [2.24, 2.45) is 0 Å². The maximum Gasteiger partial charge on any atom is 0.416 e. The molecule has 0 N–H and O–H groups in total. The summed E-state index contributed by atoms with van der Waals surface area (Å²) in [5.41, 5.74) is -0.398. The molecular formula is C17H13F3O3. The van der Waals surface area contributed by atoms with Gasteiger partial charge in [0.1, 0.15) is 0 Å². The van der Waals surface area contributed by atoms with Crippen LogP contribution >= 0.6 is 0 Å². The normalized spacial score (nSPS) is 11.1. The van der Waals surface area contributed by atoms with E-state index < -0.39 is 23.5 Å². The summed E-state index contributed by atoms with van der Waals surface area (Å²) in [5.74, 6) is -1.11. The van der Waals surface area contributed by atoms with E-state index in [0.29, 0.717) is 5.56 Å². The first-order valence-electron chi connectivity index (χ1n) is 6.69. The molecule has 2 aromatic rings. The summed E-state index contributed by atoms with van der Waals surface area (Å²) < 4.78 is 42.8. The SMILES string of the molecule is COC(=O)Cc1ccccc1C(=O)c1cccc(C(F)(F)F)c1. The number of ether oxygens (including phenoxy) is 1. The molecule has 0 amide bonds. The molecule has 0 radical (unpaired) electrons. The van der Waals surface area contributed by atoms with Gasteiger partial charge in [0.15, 0.2) is 5.78 Å². The molecule has 0 spiro atoms. The monoisotopic (exact) mass is 322 g/mol. The van der Waals surface area contributed by atoms with Gasteiger partial charge in [-0.25, -0.2) is 0 Å². The predicted molar refractivity (Wildman–Crippen MR) is 77.0 cm³/mol. The maximum absolute atomic E-state index is 12.8. The molecule has 0 aliphatic carbocycles. The lowest BCUT2D eigenvalue weighted by Crippen LogP contribution is -2.12. The molecule has 0 aromatic heterocycles. The summed E-state index contributed by atoms with van der Waals surface area (Å²) in [4.78, 5) is 23.9. The van der Waals surface area contributed by atoms with Crippen molar-refractivity contribution in [2.75, 3.05) is 7.11 Å². The smallest absolute Gasteiger partial charge is 0.416 e. The van der Waals surface area contributed by atoms with Crippen LogP contribution in [0.4, 0.5) is 13.2 Å². The zero-order valence-electron chi connectivity index (χ0n) is 12.2. The first-order chi connectivity index (χ1) is 10.8. The molecule has 3 nitrogen and oxygen atoms in total. The highest BCUT2D eigenvalue weighted by atomic mass is 19.4. The number of hydrogen-bond donors (Lipinski definition) is 0. The summed E-state index contributed by atoms with van der Waals surface area (Å²) in [6.45, 7) is 0. The fourth-order valence-corrected chi connectivity index (χ4v) is 2.12. The zero-order valence-corrected chi connectivity index (χ0v) is 12.2. The number of ketones is 1. The van der Waals surface area contributed by atoms with Crippen LogP contribution in [-0.4, -0.2) is 18.9 Å². The fraction of sp³-hybridized carbons (Fsp3) is 0.176. The highest BCUT2D eigenvalue weighted by molar-refractivity contribution is 6.10. The highest BCUT2D eigenvalue weighted by Gasteiger charge is 2.31. The van der Waals surface area contributed by atoms with Crippen LogP contribution in [0, 0.1) is 0 Å². The Morgan fingerprint density at radius 2 is 1.74 bits per heavy atom. The van der Waals surface area contributed by atoms with E-state index >= 15 is 0 Å². The quantitative estimate of drug-likeness (QED) is 0.637. The average molecular weight is 322 g/mol. The van der Waals surface area contributed by atoms with Gasteiger partial charge in [-0.2, -0.15) is 13.2 Å². The van der Waals surface area contributed by atoms with Gasteiger partial charge in [-0.1, -0.05) is 36.4 Å². The van der Waals surface area contributed by atoms with Crippen molar-refractivity contribution in [3.05, 3.63) is 70.8 Å². The van der Waals surface area contributed by atoms with Gasteiger partial charge in [-0.15, -0.1) is 0 Å². The molecule has 23 heavy (non-hydrogen) atoms. The molecule has 6 heteroatoms. The van der Waals surface area contributed by atoms with Crippen LogP contribution in [0.3, 0.4) is 0 Å². The molecule has 120 valence electrons. The van der Waals surface area contributed by atoms with Gasteiger partial charge < -0.3 is 4.74 Å². The third-order valence-corrected chi connectivity index (χ3v) is 3.28. The number of halogens is 3. The lowest BCUT2D eigenvalue weighted by Gasteiger charge is -2.10. The molecule has 0 saturated carbocycles. The molecule has 0 aliphatic rings. The molecule has 0 unspecified atom stereocenters. The second-order valence-corrected chi connectivity index (χ2v) is 4.82. The van der Waals surface area contributed by atoms with Crippen molar-refractivity contribution in [1.29, 1.82) is 0 Å². The summed E-state index contributed by atoms with van der Waals surface area (Å²) >= 11 is 0. The van der Waals surface area contributed by atoms with Crippen LogP contribution in [0.25, 0.3) is 0 Å². The standard InChI is InChI=1S/C17H13F3O3/c1-23-15(21)10-11-5-2-3-8-14(11)16(22)12-6-4-7-13(9-12)17(18,19)20/h2-9H,10H2,1H3. The number of carbonyl (C=O) groups is 2. The van der Waals surface area contributed by atoms with Crippen molar-refractivity contribution < 1.29 is 27.5 Å². The van der Waals surface area contributed by atoms with Crippen LogP contribution in [0.15, 0.2) is 48.5 Å². The lowest BCUT2D eigenvalue weighted by molar-refractivity contribution is -0.140. The first-order valence-corrected chi connectivity index (χ1v) is 6.69. The third-order valence-electron chi connectivity index (χ3n) is 3.28. The molecule has 2 rings (SSSR count). The number of rotatable bonds is 4. The number of alkyl halides is 3.